The van der Waals surface area contributed by atoms with Crippen LogP contribution >= 0.6 is 10.8 Å². The molecule has 0 atom stereocenters. The van der Waals surface area contributed by atoms with E-state index in [1.807, 2.05) is 6.07 Å². The first-order chi connectivity index (χ1) is 7.53. The van der Waals surface area contributed by atoms with Crippen molar-refractivity contribution in [1.82, 2.24) is 0 Å². The molecule has 0 amide bonds. The van der Waals surface area contributed by atoms with Crippen molar-refractivity contribution in [3.63, 3.8) is 0 Å². The van der Waals surface area contributed by atoms with Gasteiger partial charge in [-0.05, 0) is 0 Å². The van der Waals surface area contributed by atoms with Crippen molar-refractivity contribution in [3.8, 4) is 0 Å². The Bertz CT molecular complexity index is 456. The topological polar surface area (TPSA) is 76.0 Å². The summed E-state index contributed by atoms with van der Waals surface area (Å²) >= 11 is 0. The number of nitrogens with zero attached hydrogens (tertiary/aromatic N) is 1. The van der Waals surface area contributed by atoms with Crippen molar-refractivity contribution >= 4 is 25.7 Å². The molecule has 0 aliphatic heterocycles. The molecule has 0 radical (unpaired) electrons. The van der Waals surface area contributed by atoms with Crippen LogP contribution in [0.1, 0.15) is 5.56 Å². The first kappa shape index (κ1) is 13.0. The molecule has 0 aliphatic rings. The summed E-state index contributed by atoms with van der Waals surface area (Å²) < 4.78 is 29.8. The molecule has 1 aromatic rings. The largest absolute Gasteiger partial charge is 0.399 e. The summed E-state index contributed by atoms with van der Waals surface area (Å²) in [6.45, 7) is 0. The van der Waals surface area contributed by atoms with Crippen LogP contribution in [0.3, 0.4) is 0 Å². The van der Waals surface area contributed by atoms with Gasteiger partial charge < -0.3 is 4.84 Å². The summed E-state index contributed by atoms with van der Waals surface area (Å²) in [6.07, 6.45) is 0. The van der Waals surface area contributed by atoms with Crippen LogP contribution in [0.2, 0.25) is 0 Å². The molecule has 0 saturated carbocycles. The molecule has 0 unspecified atom stereocenters. The lowest BCUT2D eigenvalue weighted by atomic mass is 10.1. The van der Waals surface area contributed by atoms with E-state index in [0.717, 1.165) is 5.56 Å². The van der Waals surface area contributed by atoms with Crippen molar-refractivity contribution in [2.45, 2.75) is 0 Å². The van der Waals surface area contributed by atoms with Crippen LogP contribution in [0.25, 0.3) is 0 Å². The molecule has 7 heteroatoms. The maximum Gasteiger partial charge on any atom is 0.320 e. The normalized spacial score (nSPS) is 12.5. The van der Waals surface area contributed by atoms with Crippen molar-refractivity contribution in [3.05, 3.63) is 35.9 Å². The lowest BCUT2D eigenvalue weighted by Crippen LogP contribution is -2.07. The Morgan fingerprint density at radius 3 is 2.56 bits per heavy atom. The zero-order chi connectivity index (χ0) is 12.0. The van der Waals surface area contributed by atoms with Gasteiger partial charge in [0.25, 0.3) is 0 Å². The molecule has 0 fully saturated rings. The Morgan fingerprint density at radius 1 is 1.44 bits per heavy atom. The smallest absolute Gasteiger partial charge is 0.320 e. The first-order valence-electron chi connectivity index (χ1n) is 4.30. The summed E-state index contributed by atoms with van der Waals surface area (Å²) in [5.74, 6) is 0.0245. The molecule has 16 heavy (non-hydrogen) atoms. The van der Waals surface area contributed by atoms with Crippen LogP contribution in [-0.4, -0.2) is 31.5 Å². The van der Waals surface area contributed by atoms with Crippen molar-refractivity contribution < 1.29 is 17.8 Å². The van der Waals surface area contributed by atoms with E-state index in [1.54, 1.807) is 24.3 Å². The Balaban J connectivity index is 2.82. The molecule has 5 nitrogen and oxygen atoms in total. The van der Waals surface area contributed by atoms with Crippen molar-refractivity contribution in [2.24, 2.45) is 5.16 Å². The van der Waals surface area contributed by atoms with Gasteiger partial charge in [-0.3, -0.25) is 4.55 Å². The van der Waals surface area contributed by atoms with Gasteiger partial charge in [-0.15, -0.1) is 0 Å². The van der Waals surface area contributed by atoms with Gasteiger partial charge in [0.1, 0.15) is 7.11 Å². The van der Waals surface area contributed by atoms with Crippen LogP contribution in [-0.2, 0) is 14.0 Å². The molecule has 1 aromatic carbocycles. The SMILES string of the molecule is CO/N=C(\CSS(=O)(=O)O)c1ccccc1. The highest BCUT2D eigenvalue weighted by atomic mass is 33.1. The summed E-state index contributed by atoms with van der Waals surface area (Å²) in [5.41, 5.74) is 1.20. The van der Waals surface area contributed by atoms with Gasteiger partial charge in [0.05, 0.1) is 11.5 Å². The third kappa shape index (κ3) is 4.65. The average Bonchev–Trinajstić information content (AvgIpc) is 2.24. The van der Waals surface area contributed by atoms with E-state index in [9.17, 15) is 8.42 Å². The number of rotatable bonds is 5. The summed E-state index contributed by atoms with van der Waals surface area (Å²) in [4.78, 5) is 4.62. The second-order valence-corrected chi connectivity index (χ2v) is 6.13. The maximum atomic E-state index is 10.6. The number of oxime groups is 1. The highest BCUT2D eigenvalue weighted by molar-refractivity contribution is 8.70. The van der Waals surface area contributed by atoms with E-state index in [4.69, 9.17) is 4.55 Å². The fraction of sp³-hybridized carbons (Fsp3) is 0.222. The molecule has 1 rings (SSSR count). The lowest BCUT2D eigenvalue weighted by Gasteiger charge is -2.03. The van der Waals surface area contributed by atoms with E-state index < -0.39 is 9.15 Å². The van der Waals surface area contributed by atoms with Gasteiger partial charge >= 0.3 is 9.15 Å². The van der Waals surface area contributed by atoms with E-state index in [-0.39, 0.29) is 5.75 Å². The number of hydrogen-bond acceptors (Lipinski definition) is 5. The zero-order valence-electron chi connectivity index (χ0n) is 8.53. The molecule has 1 N–H and O–H groups in total. The number of benzene rings is 1. The standard InChI is InChI=1S/C9H11NO4S2/c1-14-10-9(7-15-16(11,12)13)8-5-3-2-4-6-8/h2-6H,7H2,1H3,(H,11,12,13)/b10-9+. The van der Waals surface area contributed by atoms with E-state index in [0.29, 0.717) is 16.5 Å². The van der Waals surface area contributed by atoms with Crippen molar-refractivity contribution in [2.75, 3.05) is 12.9 Å². The van der Waals surface area contributed by atoms with Gasteiger partial charge in [-0.2, -0.15) is 8.42 Å². The molecule has 0 spiro atoms. The fourth-order valence-electron chi connectivity index (χ4n) is 1.03. The zero-order valence-corrected chi connectivity index (χ0v) is 10.2. The molecule has 88 valence electrons. The average molecular weight is 261 g/mol. The minimum Gasteiger partial charge on any atom is -0.399 e. The summed E-state index contributed by atoms with van der Waals surface area (Å²) in [5, 5.41) is 3.72. The highest BCUT2D eigenvalue weighted by Gasteiger charge is 2.11. The maximum absolute atomic E-state index is 10.6. The van der Waals surface area contributed by atoms with E-state index in [1.165, 1.54) is 7.11 Å². The Labute approximate surface area is 97.6 Å². The first-order valence-corrected chi connectivity index (χ1v) is 7.24. The predicted molar refractivity (Wildman–Crippen MR) is 64.0 cm³/mol. The Kier molecular flexibility index (Phi) is 4.78. The Morgan fingerprint density at radius 2 is 2.06 bits per heavy atom. The Hall–Kier alpha value is -1.05. The van der Waals surface area contributed by atoms with Gasteiger partial charge in [0.15, 0.2) is 0 Å². The second kappa shape index (κ2) is 5.88. The quantitative estimate of drug-likeness (QED) is 0.377. The molecule has 0 heterocycles. The van der Waals surface area contributed by atoms with Crippen LogP contribution in [0.4, 0.5) is 0 Å². The van der Waals surface area contributed by atoms with Gasteiger partial charge in [-0.25, -0.2) is 0 Å². The van der Waals surface area contributed by atoms with Crippen molar-refractivity contribution in [1.29, 1.82) is 0 Å². The van der Waals surface area contributed by atoms with Crippen LogP contribution < -0.4 is 0 Å². The van der Waals surface area contributed by atoms with Crippen LogP contribution in [0.15, 0.2) is 35.5 Å². The van der Waals surface area contributed by atoms with Crippen LogP contribution in [0, 0.1) is 0 Å². The van der Waals surface area contributed by atoms with E-state index in [2.05, 4.69) is 9.99 Å². The predicted octanol–water partition coefficient (Wildman–Crippen LogP) is 1.57. The molecule has 0 bridgehead atoms. The molecule has 0 aliphatic carbocycles. The monoisotopic (exact) mass is 261 g/mol. The minimum atomic E-state index is -4.07. The third-order valence-corrected chi connectivity index (χ3v) is 3.59. The minimum absolute atomic E-state index is 0.0245. The molecule has 0 saturated heterocycles. The fourth-order valence-corrected chi connectivity index (χ4v) is 2.30. The summed E-state index contributed by atoms with van der Waals surface area (Å²) in [7, 11) is -2.30. The number of hydrogen-bond donors (Lipinski definition) is 1. The third-order valence-electron chi connectivity index (χ3n) is 1.65. The summed E-state index contributed by atoms with van der Waals surface area (Å²) in [6, 6.07) is 9.01. The molecular formula is C9H11NO4S2. The lowest BCUT2D eigenvalue weighted by molar-refractivity contribution is 0.213. The molecular weight excluding hydrogens is 250 g/mol. The van der Waals surface area contributed by atoms with E-state index >= 15 is 0 Å². The molecule has 0 aromatic heterocycles. The van der Waals surface area contributed by atoms with Gasteiger partial charge in [0.2, 0.25) is 0 Å². The second-order valence-electron chi connectivity index (χ2n) is 2.78. The van der Waals surface area contributed by atoms with Gasteiger partial charge in [-0.1, -0.05) is 35.5 Å². The highest BCUT2D eigenvalue weighted by Crippen LogP contribution is 2.13. The van der Waals surface area contributed by atoms with Gasteiger partial charge in [0, 0.05) is 16.4 Å². The van der Waals surface area contributed by atoms with Crippen LogP contribution in [0.5, 0.6) is 0 Å².